The molecule has 8 heteroatoms. The number of morpholine rings is 1. The van der Waals surface area contributed by atoms with E-state index in [2.05, 4.69) is 0 Å². The van der Waals surface area contributed by atoms with E-state index in [0.29, 0.717) is 31.0 Å². The molecule has 0 radical (unpaired) electrons. The molecule has 1 aromatic carbocycles. The Hall–Kier alpha value is -2.16. The van der Waals surface area contributed by atoms with E-state index in [9.17, 15) is 13.2 Å². The quantitative estimate of drug-likeness (QED) is 0.780. The fraction of sp³-hybridized carbons (Fsp3) is 0.421. The lowest BCUT2D eigenvalue weighted by Crippen LogP contribution is -2.48. The number of ether oxygens (including phenoxy) is 1. The summed E-state index contributed by atoms with van der Waals surface area (Å²) in [6.07, 6.45) is 1.20. The topological polar surface area (TPSA) is 80.1 Å². The zero-order valence-electron chi connectivity index (χ0n) is 15.7. The van der Waals surface area contributed by atoms with E-state index >= 15 is 0 Å². The molecular formula is C19H24N2O5S. The molecule has 0 saturated carbocycles. The molecule has 2 unspecified atom stereocenters. The van der Waals surface area contributed by atoms with E-state index < -0.39 is 10.0 Å². The Morgan fingerprint density at radius 2 is 1.89 bits per heavy atom. The molecule has 1 saturated heterocycles. The number of benzene rings is 1. The Labute approximate surface area is 159 Å². The molecule has 2 heterocycles. The molecule has 7 nitrogen and oxygen atoms in total. The maximum Gasteiger partial charge on any atom is 0.254 e. The van der Waals surface area contributed by atoms with E-state index in [4.69, 9.17) is 9.15 Å². The third-order valence-corrected chi connectivity index (χ3v) is 6.25. The zero-order valence-corrected chi connectivity index (χ0v) is 16.5. The normalized spacial score (nSPS) is 21.1. The van der Waals surface area contributed by atoms with Crippen LogP contribution in [0.2, 0.25) is 0 Å². The van der Waals surface area contributed by atoms with Crippen LogP contribution in [0.3, 0.4) is 0 Å². The van der Waals surface area contributed by atoms with Crippen LogP contribution < -0.4 is 0 Å². The molecule has 1 amide bonds. The van der Waals surface area contributed by atoms with Crippen LogP contribution in [0.5, 0.6) is 0 Å². The standard InChI is InChI=1S/C19H24N2O5S/c1-14-11-21(12-15(2)26-14)27(23,24)18-8-4-6-16(10-18)19(22)20(3)13-17-7-5-9-25-17/h4-10,14-15H,11-13H2,1-3H3. The summed E-state index contributed by atoms with van der Waals surface area (Å²) in [6.45, 7) is 4.59. The van der Waals surface area contributed by atoms with Crippen molar-refractivity contribution in [2.75, 3.05) is 20.1 Å². The molecule has 1 aliphatic heterocycles. The summed E-state index contributed by atoms with van der Waals surface area (Å²) in [7, 11) is -2.05. The largest absolute Gasteiger partial charge is 0.467 e. The first kappa shape index (κ1) is 19.6. The molecule has 27 heavy (non-hydrogen) atoms. The molecule has 1 aliphatic rings. The van der Waals surface area contributed by atoms with Gasteiger partial charge in [0.05, 0.1) is 29.9 Å². The fourth-order valence-electron chi connectivity index (χ4n) is 3.19. The number of rotatable bonds is 5. The molecule has 0 N–H and O–H groups in total. The van der Waals surface area contributed by atoms with Crippen LogP contribution in [0.25, 0.3) is 0 Å². The highest BCUT2D eigenvalue weighted by Gasteiger charge is 2.32. The Morgan fingerprint density at radius 3 is 2.52 bits per heavy atom. The Bertz CT molecular complexity index is 885. The lowest BCUT2D eigenvalue weighted by molar-refractivity contribution is -0.0440. The smallest absolute Gasteiger partial charge is 0.254 e. The second kappa shape index (κ2) is 7.84. The zero-order chi connectivity index (χ0) is 19.6. The van der Waals surface area contributed by atoms with Gasteiger partial charge in [0.25, 0.3) is 5.91 Å². The van der Waals surface area contributed by atoms with Gasteiger partial charge in [0.1, 0.15) is 5.76 Å². The number of furan rings is 1. The van der Waals surface area contributed by atoms with Gasteiger partial charge < -0.3 is 14.1 Å². The molecule has 0 aliphatic carbocycles. The number of hydrogen-bond donors (Lipinski definition) is 0. The predicted octanol–water partition coefficient (Wildman–Crippen LogP) is 2.35. The number of carbonyl (C=O) groups excluding carboxylic acids is 1. The van der Waals surface area contributed by atoms with Gasteiger partial charge in [-0.3, -0.25) is 4.79 Å². The highest BCUT2D eigenvalue weighted by atomic mass is 32.2. The molecule has 3 rings (SSSR count). The van der Waals surface area contributed by atoms with Crippen LogP contribution in [0.4, 0.5) is 0 Å². The first-order valence-electron chi connectivity index (χ1n) is 8.81. The van der Waals surface area contributed by atoms with Crippen molar-refractivity contribution >= 4 is 15.9 Å². The van der Waals surface area contributed by atoms with Gasteiger partial charge in [0, 0.05) is 25.7 Å². The third-order valence-electron chi connectivity index (χ3n) is 4.42. The minimum Gasteiger partial charge on any atom is -0.467 e. The number of carbonyl (C=O) groups is 1. The number of hydrogen-bond acceptors (Lipinski definition) is 5. The molecule has 2 atom stereocenters. The number of sulfonamides is 1. The summed E-state index contributed by atoms with van der Waals surface area (Å²) in [5.74, 6) is 0.387. The van der Waals surface area contributed by atoms with Crippen LogP contribution >= 0.6 is 0 Å². The van der Waals surface area contributed by atoms with Gasteiger partial charge in [-0.2, -0.15) is 4.31 Å². The van der Waals surface area contributed by atoms with Crippen LogP contribution in [-0.4, -0.2) is 55.9 Å². The van der Waals surface area contributed by atoms with Crippen LogP contribution in [-0.2, 0) is 21.3 Å². The molecule has 1 fully saturated rings. The summed E-state index contributed by atoms with van der Waals surface area (Å²) in [5, 5.41) is 0. The summed E-state index contributed by atoms with van der Waals surface area (Å²) in [6, 6.07) is 9.69. The minimum atomic E-state index is -3.70. The molecule has 2 aromatic rings. The third kappa shape index (κ3) is 4.40. The summed E-state index contributed by atoms with van der Waals surface area (Å²) in [4.78, 5) is 14.3. The summed E-state index contributed by atoms with van der Waals surface area (Å²) >= 11 is 0. The molecule has 146 valence electrons. The highest BCUT2D eigenvalue weighted by Crippen LogP contribution is 2.22. The van der Waals surface area contributed by atoms with Gasteiger partial charge in [-0.15, -0.1) is 0 Å². The van der Waals surface area contributed by atoms with Crippen molar-refractivity contribution in [2.24, 2.45) is 0 Å². The summed E-state index contributed by atoms with van der Waals surface area (Å²) in [5.41, 5.74) is 0.319. The number of nitrogens with zero attached hydrogens (tertiary/aromatic N) is 2. The maximum absolute atomic E-state index is 13.0. The summed E-state index contributed by atoms with van der Waals surface area (Å²) < 4.78 is 38.3. The Kier molecular flexibility index (Phi) is 5.69. The van der Waals surface area contributed by atoms with Gasteiger partial charge in [-0.25, -0.2) is 8.42 Å². The van der Waals surface area contributed by atoms with Crippen LogP contribution in [0.1, 0.15) is 30.0 Å². The van der Waals surface area contributed by atoms with Gasteiger partial charge in [-0.05, 0) is 44.2 Å². The van der Waals surface area contributed by atoms with Crippen molar-refractivity contribution in [3.63, 3.8) is 0 Å². The maximum atomic E-state index is 13.0. The van der Waals surface area contributed by atoms with Crippen molar-refractivity contribution in [2.45, 2.75) is 37.5 Å². The lowest BCUT2D eigenvalue weighted by atomic mass is 10.2. The number of amides is 1. The molecule has 0 spiro atoms. The van der Waals surface area contributed by atoms with E-state index in [1.165, 1.54) is 21.3 Å². The van der Waals surface area contributed by atoms with Gasteiger partial charge in [0.2, 0.25) is 10.0 Å². The van der Waals surface area contributed by atoms with Gasteiger partial charge >= 0.3 is 0 Å². The highest BCUT2D eigenvalue weighted by molar-refractivity contribution is 7.89. The van der Waals surface area contributed by atoms with Crippen molar-refractivity contribution in [3.8, 4) is 0 Å². The van der Waals surface area contributed by atoms with E-state index in [1.54, 1.807) is 37.6 Å². The minimum absolute atomic E-state index is 0.112. The molecule has 0 bridgehead atoms. The van der Waals surface area contributed by atoms with Crippen LogP contribution in [0.15, 0.2) is 52.0 Å². The van der Waals surface area contributed by atoms with Crippen molar-refractivity contribution in [1.29, 1.82) is 0 Å². The first-order chi connectivity index (χ1) is 12.8. The average Bonchev–Trinajstić information content (AvgIpc) is 3.13. The molecular weight excluding hydrogens is 368 g/mol. The van der Waals surface area contributed by atoms with Crippen molar-refractivity contribution in [3.05, 3.63) is 54.0 Å². The van der Waals surface area contributed by atoms with E-state index in [1.807, 2.05) is 13.8 Å². The molecule has 1 aromatic heterocycles. The second-order valence-electron chi connectivity index (χ2n) is 6.85. The van der Waals surface area contributed by atoms with Crippen LogP contribution in [0, 0.1) is 0 Å². The second-order valence-corrected chi connectivity index (χ2v) is 8.79. The lowest BCUT2D eigenvalue weighted by Gasteiger charge is -2.34. The van der Waals surface area contributed by atoms with E-state index in [0.717, 1.165) is 0 Å². The van der Waals surface area contributed by atoms with Gasteiger partial charge in [0.15, 0.2) is 0 Å². The van der Waals surface area contributed by atoms with Crippen molar-refractivity contribution < 1.29 is 22.4 Å². The Morgan fingerprint density at radius 1 is 1.19 bits per heavy atom. The monoisotopic (exact) mass is 392 g/mol. The SMILES string of the molecule is CC1CN(S(=O)(=O)c2cccc(C(=O)N(C)Cc3ccco3)c2)CC(C)O1. The average molecular weight is 392 g/mol. The predicted molar refractivity (Wildman–Crippen MR) is 99.7 cm³/mol. The van der Waals surface area contributed by atoms with Crippen molar-refractivity contribution in [1.82, 2.24) is 9.21 Å². The first-order valence-corrected chi connectivity index (χ1v) is 10.2. The Balaban J connectivity index is 1.81. The van der Waals surface area contributed by atoms with E-state index in [-0.39, 0.29) is 23.0 Å². The fourth-order valence-corrected chi connectivity index (χ4v) is 4.83. The van der Waals surface area contributed by atoms with Gasteiger partial charge in [-0.1, -0.05) is 6.07 Å².